The summed E-state index contributed by atoms with van der Waals surface area (Å²) in [5.41, 5.74) is 8.81. The smallest absolute Gasteiger partial charge is 0.508 e. The van der Waals surface area contributed by atoms with Crippen LogP contribution in [0.15, 0.2) is 72.3 Å². The lowest BCUT2D eigenvalue weighted by molar-refractivity contribution is -0.274. The number of alkyl halides is 3. The third-order valence-corrected chi connectivity index (χ3v) is 7.02. The third-order valence-electron chi connectivity index (χ3n) is 7.02. The molecule has 3 aromatic carbocycles. The number of ketones is 1. The van der Waals surface area contributed by atoms with Crippen molar-refractivity contribution in [2.24, 2.45) is 11.7 Å². The number of hydrogen-bond donors (Lipinski definition) is 4. The van der Waals surface area contributed by atoms with Gasteiger partial charge in [-0.1, -0.05) is 30.3 Å². The monoisotopic (exact) mass is 555 g/mol. The van der Waals surface area contributed by atoms with Gasteiger partial charge in [0.05, 0.1) is 12.5 Å². The number of fused-ring (bicyclic) bond motifs is 1. The lowest BCUT2D eigenvalue weighted by Gasteiger charge is -2.18. The first-order valence-electron chi connectivity index (χ1n) is 12.6. The van der Waals surface area contributed by atoms with Crippen LogP contribution in [0.3, 0.4) is 0 Å². The number of carboxylic acids is 1. The van der Waals surface area contributed by atoms with E-state index in [1.807, 2.05) is 18.2 Å². The Morgan fingerprint density at radius 1 is 1.00 bits per heavy atom. The van der Waals surface area contributed by atoms with Crippen LogP contribution in [-0.4, -0.2) is 46.6 Å². The average molecular weight is 556 g/mol. The Morgan fingerprint density at radius 3 is 2.33 bits per heavy atom. The topological polar surface area (TPSA) is 130 Å². The van der Waals surface area contributed by atoms with Crippen molar-refractivity contribution in [2.75, 3.05) is 13.2 Å². The van der Waals surface area contributed by atoms with E-state index in [4.69, 9.17) is 5.73 Å². The minimum atomic E-state index is -4.91. The summed E-state index contributed by atoms with van der Waals surface area (Å²) in [7, 11) is 0. The van der Waals surface area contributed by atoms with Crippen LogP contribution in [0.25, 0.3) is 5.57 Å². The lowest BCUT2D eigenvalue weighted by atomic mass is 9.88. The van der Waals surface area contributed by atoms with E-state index in [1.165, 1.54) is 36.4 Å². The van der Waals surface area contributed by atoms with E-state index in [0.717, 1.165) is 17.2 Å². The number of Topliss-reactive ketones (excluding diaryl/α,β-unsaturated/α-hetero) is 1. The summed E-state index contributed by atoms with van der Waals surface area (Å²) in [6, 6.07) is 16.7. The van der Waals surface area contributed by atoms with Crippen LogP contribution in [0, 0.1) is 5.92 Å². The van der Waals surface area contributed by atoms with Crippen molar-refractivity contribution >= 4 is 17.3 Å². The number of nitrogens with two attached hydrogens (primary N) is 1. The molecule has 0 fully saturated rings. The number of aromatic hydroxyl groups is 1. The van der Waals surface area contributed by atoms with E-state index >= 15 is 0 Å². The highest BCUT2D eigenvalue weighted by Gasteiger charge is 2.37. The second-order valence-electron chi connectivity index (χ2n) is 9.62. The minimum Gasteiger partial charge on any atom is -0.508 e. The van der Waals surface area contributed by atoms with E-state index in [0.29, 0.717) is 29.5 Å². The molecule has 1 aliphatic carbocycles. The number of aliphatic carboxylic acids is 1. The zero-order chi connectivity index (χ0) is 29.0. The quantitative estimate of drug-likeness (QED) is 0.249. The summed E-state index contributed by atoms with van der Waals surface area (Å²) in [5, 5.41) is 29.3. The molecule has 0 saturated heterocycles. The molecule has 0 heterocycles. The fourth-order valence-electron chi connectivity index (χ4n) is 5.07. The van der Waals surface area contributed by atoms with Gasteiger partial charge in [-0.3, -0.25) is 9.59 Å². The molecule has 7 nitrogen and oxygen atoms in total. The molecule has 0 radical (unpaired) electrons. The first kappa shape index (κ1) is 28.8. The first-order valence-corrected chi connectivity index (χ1v) is 12.6. The zero-order valence-corrected chi connectivity index (χ0v) is 21.3. The number of ether oxygens (including phenoxy) is 1. The molecule has 0 aliphatic heterocycles. The van der Waals surface area contributed by atoms with E-state index in [2.05, 4.69) is 4.74 Å². The van der Waals surface area contributed by atoms with Crippen molar-refractivity contribution in [1.82, 2.24) is 0 Å². The summed E-state index contributed by atoms with van der Waals surface area (Å²) < 4.78 is 43.1. The number of benzene rings is 3. The standard InChI is InChI=1S/C30H28F3NO6/c31-30(32,33)40-22-10-11-23-25(14-22)24(26(16-35)27(23)28(37)19-6-8-21(36)9-7-19)13-18-3-1-2-17(12-18)4-5-20(15-34)29(38)39/h1-3,6-12,14,20,24,35-36H,4-5,13,15-16,34H2,(H,38,39)/t20?,24-/m0/s1. The molecule has 0 bridgehead atoms. The van der Waals surface area contributed by atoms with Crippen LogP contribution in [-0.2, 0) is 17.6 Å². The van der Waals surface area contributed by atoms with Crippen molar-refractivity contribution in [3.8, 4) is 11.5 Å². The molecule has 0 amide bonds. The predicted octanol–water partition coefficient (Wildman–Crippen LogP) is 4.85. The molecule has 5 N–H and O–H groups in total. The summed E-state index contributed by atoms with van der Waals surface area (Å²) in [6.07, 6.45) is -3.85. The molecule has 40 heavy (non-hydrogen) atoms. The van der Waals surface area contributed by atoms with E-state index in [1.54, 1.807) is 6.07 Å². The number of halogens is 3. The second-order valence-corrected chi connectivity index (χ2v) is 9.62. The second kappa shape index (κ2) is 11.9. The number of carbonyl (C=O) groups excluding carboxylic acids is 1. The maximum atomic E-state index is 13.6. The fourth-order valence-corrected chi connectivity index (χ4v) is 5.07. The van der Waals surface area contributed by atoms with Gasteiger partial charge in [0.2, 0.25) is 0 Å². The molecule has 4 rings (SSSR count). The highest BCUT2D eigenvalue weighted by Crippen LogP contribution is 2.46. The molecular formula is C30H28F3NO6. The number of hydrogen-bond acceptors (Lipinski definition) is 6. The fraction of sp³-hybridized carbons (Fsp3) is 0.267. The number of allylic oxidation sites excluding steroid dienone is 1. The predicted molar refractivity (Wildman–Crippen MR) is 141 cm³/mol. The van der Waals surface area contributed by atoms with Crippen LogP contribution in [0.2, 0.25) is 0 Å². The Kier molecular flexibility index (Phi) is 8.61. The molecular weight excluding hydrogens is 527 g/mol. The number of phenols is 1. The van der Waals surface area contributed by atoms with Crippen LogP contribution in [0.5, 0.6) is 11.5 Å². The molecule has 210 valence electrons. The number of rotatable bonds is 11. The van der Waals surface area contributed by atoms with Gasteiger partial charge in [-0.15, -0.1) is 13.2 Å². The van der Waals surface area contributed by atoms with Gasteiger partial charge in [-0.05, 0) is 83.5 Å². The zero-order valence-electron chi connectivity index (χ0n) is 21.3. The molecule has 1 aliphatic rings. The average Bonchev–Trinajstić information content (AvgIpc) is 3.20. The third kappa shape index (κ3) is 6.52. The summed E-state index contributed by atoms with van der Waals surface area (Å²) in [5.74, 6) is -3.20. The number of aliphatic hydroxyl groups excluding tert-OH is 1. The van der Waals surface area contributed by atoms with Gasteiger partial charge >= 0.3 is 12.3 Å². The molecule has 3 aromatic rings. The van der Waals surface area contributed by atoms with Gasteiger partial charge < -0.3 is 25.8 Å². The van der Waals surface area contributed by atoms with Crippen molar-refractivity contribution in [3.05, 3.63) is 100 Å². The Morgan fingerprint density at radius 2 is 1.70 bits per heavy atom. The highest BCUT2D eigenvalue weighted by molar-refractivity contribution is 6.31. The SMILES string of the molecule is NCC(CCc1cccc(C[C@@H]2C(CO)=C(C(=O)c3ccc(O)cc3)c3ccc(OC(F)(F)F)cc32)c1)C(=O)O. The maximum Gasteiger partial charge on any atom is 0.573 e. The largest absolute Gasteiger partial charge is 0.573 e. The molecule has 1 unspecified atom stereocenters. The van der Waals surface area contributed by atoms with Gasteiger partial charge in [0, 0.05) is 23.6 Å². The van der Waals surface area contributed by atoms with Gasteiger partial charge in [0.25, 0.3) is 0 Å². The maximum absolute atomic E-state index is 13.6. The molecule has 0 aromatic heterocycles. The molecule has 2 atom stereocenters. The number of aliphatic hydroxyl groups is 1. The Bertz CT molecular complexity index is 1430. The van der Waals surface area contributed by atoms with Crippen LogP contribution >= 0.6 is 0 Å². The number of aryl methyl sites for hydroxylation is 1. The van der Waals surface area contributed by atoms with Gasteiger partial charge in [-0.25, -0.2) is 0 Å². The molecule has 0 saturated carbocycles. The normalized spacial score (nSPS) is 15.6. The van der Waals surface area contributed by atoms with Crippen LogP contribution in [0.4, 0.5) is 13.2 Å². The van der Waals surface area contributed by atoms with E-state index < -0.39 is 42.3 Å². The Labute approximate surface area is 228 Å². The molecule has 10 heteroatoms. The van der Waals surface area contributed by atoms with Crippen molar-refractivity contribution in [2.45, 2.75) is 31.5 Å². The summed E-state index contributed by atoms with van der Waals surface area (Å²) in [6.45, 7) is -0.497. The number of carbonyl (C=O) groups is 2. The van der Waals surface area contributed by atoms with Gasteiger partial charge in [0.15, 0.2) is 5.78 Å². The Balaban J connectivity index is 1.72. The number of phenolic OH excluding ortho intramolecular Hbond substituents is 1. The number of carboxylic acid groups (broad SMARTS) is 1. The van der Waals surface area contributed by atoms with Crippen molar-refractivity contribution < 1.29 is 42.8 Å². The van der Waals surface area contributed by atoms with E-state index in [9.17, 15) is 38.1 Å². The molecule has 0 spiro atoms. The van der Waals surface area contributed by atoms with Crippen LogP contribution < -0.4 is 10.5 Å². The van der Waals surface area contributed by atoms with Crippen molar-refractivity contribution in [3.63, 3.8) is 0 Å². The Hall–Kier alpha value is -4.15. The summed E-state index contributed by atoms with van der Waals surface area (Å²) >= 11 is 0. The summed E-state index contributed by atoms with van der Waals surface area (Å²) in [4.78, 5) is 24.9. The van der Waals surface area contributed by atoms with Crippen LogP contribution in [0.1, 0.15) is 45.0 Å². The first-order chi connectivity index (χ1) is 19.0. The minimum absolute atomic E-state index is 0.0126. The van der Waals surface area contributed by atoms with E-state index in [-0.39, 0.29) is 29.9 Å². The van der Waals surface area contributed by atoms with Gasteiger partial charge in [0.1, 0.15) is 11.5 Å². The lowest BCUT2D eigenvalue weighted by Crippen LogP contribution is -2.23. The highest BCUT2D eigenvalue weighted by atomic mass is 19.4. The van der Waals surface area contributed by atoms with Gasteiger partial charge in [-0.2, -0.15) is 0 Å². The van der Waals surface area contributed by atoms with Crippen molar-refractivity contribution in [1.29, 1.82) is 0 Å².